The molecule has 4 heteroatoms. The van der Waals surface area contributed by atoms with Crippen molar-refractivity contribution in [3.63, 3.8) is 0 Å². The van der Waals surface area contributed by atoms with Gasteiger partial charge in [-0.3, -0.25) is 0 Å². The zero-order chi connectivity index (χ0) is 16.7. The van der Waals surface area contributed by atoms with Crippen LogP contribution in [0.15, 0.2) is 24.3 Å². The largest absolute Gasteiger partial charge is 0.334 e. The predicted molar refractivity (Wildman–Crippen MR) is 95.3 cm³/mol. The maximum absolute atomic E-state index is 12.5. The number of amides is 2. The molecule has 1 aliphatic carbocycles. The molecule has 2 rings (SSSR count). The number of urea groups is 1. The molecule has 4 nitrogen and oxygen atoms in total. The smallest absolute Gasteiger partial charge is 0.317 e. The van der Waals surface area contributed by atoms with Crippen LogP contribution in [0.5, 0.6) is 0 Å². The molecule has 1 N–H and O–H groups in total. The Morgan fingerprint density at radius 2 is 1.70 bits per heavy atom. The van der Waals surface area contributed by atoms with Crippen molar-refractivity contribution in [3.05, 3.63) is 35.4 Å². The Bertz CT molecular complexity index is 478. The van der Waals surface area contributed by atoms with Gasteiger partial charge in [-0.2, -0.15) is 0 Å². The molecule has 1 aromatic rings. The number of rotatable bonds is 6. The van der Waals surface area contributed by atoms with Crippen LogP contribution in [0.3, 0.4) is 0 Å². The molecule has 1 fully saturated rings. The van der Waals surface area contributed by atoms with Gasteiger partial charge < -0.3 is 15.1 Å². The Balaban J connectivity index is 1.84. The fourth-order valence-electron chi connectivity index (χ4n) is 3.37. The average molecular weight is 317 g/mol. The maximum Gasteiger partial charge on any atom is 0.317 e. The third-order valence-corrected chi connectivity index (χ3v) is 4.58. The van der Waals surface area contributed by atoms with Crippen LogP contribution in [0.2, 0.25) is 0 Å². The minimum atomic E-state index is 0.0803. The first-order valence-corrected chi connectivity index (χ1v) is 8.87. The SMILES string of the molecule is CCN(C(=O)NCc1ccc(CN(C)C)cc1)C1CCCCC1. The van der Waals surface area contributed by atoms with Crippen molar-refractivity contribution in [2.75, 3.05) is 20.6 Å². The van der Waals surface area contributed by atoms with Gasteiger partial charge in [0.15, 0.2) is 0 Å². The van der Waals surface area contributed by atoms with Crippen molar-refractivity contribution >= 4 is 6.03 Å². The van der Waals surface area contributed by atoms with E-state index >= 15 is 0 Å². The average Bonchev–Trinajstić information content (AvgIpc) is 2.55. The van der Waals surface area contributed by atoms with E-state index in [1.165, 1.54) is 24.8 Å². The molecule has 1 aromatic carbocycles. The standard InChI is InChI=1S/C19H31N3O/c1-4-22(18-8-6-5-7-9-18)19(23)20-14-16-10-12-17(13-11-16)15-21(2)3/h10-13,18H,4-9,14-15H2,1-3H3,(H,20,23). The lowest BCUT2D eigenvalue weighted by Crippen LogP contribution is -2.46. The van der Waals surface area contributed by atoms with Crippen molar-refractivity contribution < 1.29 is 4.79 Å². The highest BCUT2D eigenvalue weighted by Crippen LogP contribution is 2.22. The van der Waals surface area contributed by atoms with Gasteiger partial charge in [-0.05, 0) is 45.0 Å². The molecule has 1 saturated carbocycles. The number of nitrogens with zero attached hydrogens (tertiary/aromatic N) is 2. The monoisotopic (exact) mass is 317 g/mol. The van der Waals surface area contributed by atoms with Crippen LogP contribution in [-0.4, -0.2) is 42.5 Å². The van der Waals surface area contributed by atoms with E-state index in [4.69, 9.17) is 0 Å². The lowest BCUT2D eigenvalue weighted by atomic mass is 9.94. The molecule has 0 aliphatic heterocycles. The summed E-state index contributed by atoms with van der Waals surface area (Å²) in [6, 6.07) is 9.00. The molecule has 0 saturated heterocycles. The summed E-state index contributed by atoms with van der Waals surface area (Å²) in [5.74, 6) is 0. The van der Waals surface area contributed by atoms with Gasteiger partial charge >= 0.3 is 6.03 Å². The number of hydrogen-bond donors (Lipinski definition) is 1. The number of benzene rings is 1. The highest BCUT2D eigenvalue weighted by Gasteiger charge is 2.23. The van der Waals surface area contributed by atoms with E-state index in [1.54, 1.807) is 0 Å². The third-order valence-electron chi connectivity index (χ3n) is 4.58. The molecule has 1 aliphatic rings. The van der Waals surface area contributed by atoms with Crippen LogP contribution in [0.4, 0.5) is 4.79 Å². The van der Waals surface area contributed by atoms with E-state index in [0.29, 0.717) is 12.6 Å². The molecular formula is C19H31N3O. The van der Waals surface area contributed by atoms with E-state index in [9.17, 15) is 4.79 Å². The van der Waals surface area contributed by atoms with Gasteiger partial charge in [-0.1, -0.05) is 43.5 Å². The molecule has 2 amide bonds. The number of hydrogen-bond acceptors (Lipinski definition) is 2. The van der Waals surface area contributed by atoms with Gasteiger partial charge in [-0.15, -0.1) is 0 Å². The lowest BCUT2D eigenvalue weighted by molar-refractivity contribution is 0.159. The first-order valence-electron chi connectivity index (χ1n) is 8.87. The summed E-state index contributed by atoms with van der Waals surface area (Å²) in [5, 5.41) is 3.08. The Morgan fingerprint density at radius 1 is 1.09 bits per heavy atom. The van der Waals surface area contributed by atoms with Gasteiger partial charge in [0.25, 0.3) is 0 Å². The predicted octanol–water partition coefficient (Wildman–Crippen LogP) is 3.61. The summed E-state index contributed by atoms with van der Waals surface area (Å²) in [6.07, 6.45) is 6.12. The number of nitrogens with one attached hydrogen (secondary N) is 1. The second kappa shape index (κ2) is 8.92. The fraction of sp³-hybridized carbons (Fsp3) is 0.632. The molecule has 23 heavy (non-hydrogen) atoms. The molecule has 128 valence electrons. The fourth-order valence-corrected chi connectivity index (χ4v) is 3.37. The zero-order valence-corrected chi connectivity index (χ0v) is 14.8. The van der Waals surface area contributed by atoms with E-state index < -0.39 is 0 Å². The van der Waals surface area contributed by atoms with Crippen molar-refractivity contribution in [1.29, 1.82) is 0 Å². The van der Waals surface area contributed by atoms with Crippen molar-refractivity contribution in [3.8, 4) is 0 Å². The van der Waals surface area contributed by atoms with E-state index in [2.05, 4.69) is 55.5 Å². The Labute approximate surface area is 140 Å². The Hall–Kier alpha value is -1.55. The second-order valence-corrected chi connectivity index (χ2v) is 6.79. The van der Waals surface area contributed by atoms with Crippen LogP contribution in [0.1, 0.15) is 50.2 Å². The normalized spacial score (nSPS) is 15.7. The first-order chi connectivity index (χ1) is 11.1. The van der Waals surface area contributed by atoms with Crippen LogP contribution in [0.25, 0.3) is 0 Å². The van der Waals surface area contributed by atoms with Crippen LogP contribution in [-0.2, 0) is 13.1 Å². The topological polar surface area (TPSA) is 35.6 Å². The minimum Gasteiger partial charge on any atom is -0.334 e. The van der Waals surface area contributed by atoms with Gasteiger partial charge in [-0.25, -0.2) is 4.79 Å². The highest BCUT2D eigenvalue weighted by atomic mass is 16.2. The van der Waals surface area contributed by atoms with Crippen molar-refractivity contribution in [2.24, 2.45) is 0 Å². The summed E-state index contributed by atoms with van der Waals surface area (Å²) in [4.78, 5) is 16.6. The molecule has 0 aromatic heterocycles. The minimum absolute atomic E-state index is 0.0803. The second-order valence-electron chi connectivity index (χ2n) is 6.79. The molecule has 0 bridgehead atoms. The van der Waals surface area contributed by atoms with Crippen molar-refractivity contribution in [1.82, 2.24) is 15.1 Å². The maximum atomic E-state index is 12.5. The number of carbonyl (C=O) groups is 1. The summed E-state index contributed by atoms with van der Waals surface area (Å²) < 4.78 is 0. The molecule has 0 unspecified atom stereocenters. The van der Waals surface area contributed by atoms with E-state index in [0.717, 1.165) is 31.5 Å². The Kier molecular flexibility index (Phi) is 6.90. The van der Waals surface area contributed by atoms with E-state index in [1.807, 2.05) is 4.90 Å². The number of carbonyl (C=O) groups excluding carboxylic acids is 1. The Morgan fingerprint density at radius 3 is 2.26 bits per heavy atom. The molecular weight excluding hydrogens is 286 g/mol. The molecule has 0 radical (unpaired) electrons. The molecule has 0 spiro atoms. The van der Waals surface area contributed by atoms with Gasteiger partial charge in [0.05, 0.1) is 0 Å². The van der Waals surface area contributed by atoms with Gasteiger partial charge in [0, 0.05) is 25.7 Å². The van der Waals surface area contributed by atoms with E-state index in [-0.39, 0.29) is 6.03 Å². The zero-order valence-electron chi connectivity index (χ0n) is 14.8. The summed E-state index contributed by atoms with van der Waals surface area (Å²) in [6.45, 7) is 4.41. The van der Waals surface area contributed by atoms with Gasteiger partial charge in [0.2, 0.25) is 0 Å². The lowest BCUT2D eigenvalue weighted by Gasteiger charge is -2.33. The van der Waals surface area contributed by atoms with Crippen LogP contribution >= 0.6 is 0 Å². The summed E-state index contributed by atoms with van der Waals surface area (Å²) in [5.41, 5.74) is 2.45. The first kappa shape index (κ1) is 17.8. The quantitative estimate of drug-likeness (QED) is 0.870. The van der Waals surface area contributed by atoms with Crippen LogP contribution < -0.4 is 5.32 Å². The molecule has 0 heterocycles. The third kappa shape index (κ3) is 5.54. The highest BCUT2D eigenvalue weighted by molar-refractivity contribution is 5.74. The summed E-state index contributed by atoms with van der Waals surface area (Å²) in [7, 11) is 4.14. The van der Waals surface area contributed by atoms with Gasteiger partial charge in [0.1, 0.15) is 0 Å². The van der Waals surface area contributed by atoms with Crippen molar-refractivity contribution in [2.45, 2.75) is 58.2 Å². The van der Waals surface area contributed by atoms with Crippen LogP contribution in [0, 0.1) is 0 Å². The summed E-state index contributed by atoms with van der Waals surface area (Å²) >= 11 is 0. The molecule has 0 atom stereocenters.